The summed E-state index contributed by atoms with van der Waals surface area (Å²) < 4.78 is 38.6. The maximum atomic E-state index is 12.9. The minimum absolute atomic E-state index is 0.121. The number of halogens is 3. The van der Waals surface area contributed by atoms with Crippen molar-refractivity contribution in [2.24, 2.45) is 0 Å². The molecule has 8 heteroatoms. The van der Waals surface area contributed by atoms with Crippen LogP contribution >= 0.6 is 11.3 Å². The number of thiazole rings is 1. The Balaban J connectivity index is 2.54. The molecule has 0 bridgehead atoms. The van der Waals surface area contributed by atoms with E-state index in [1.165, 1.54) is 7.05 Å². The van der Waals surface area contributed by atoms with Crippen molar-refractivity contribution < 1.29 is 18.0 Å². The lowest BCUT2D eigenvalue weighted by Gasteiger charge is -2.04. The van der Waals surface area contributed by atoms with Gasteiger partial charge in [-0.05, 0) is 24.3 Å². The molecule has 0 unspecified atom stereocenters. The molecule has 0 spiro atoms. The first kappa shape index (κ1) is 14.3. The van der Waals surface area contributed by atoms with Crippen molar-refractivity contribution in [1.29, 1.82) is 0 Å². The minimum Gasteiger partial charge on any atom is -0.399 e. The first-order chi connectivity index (χ1) is 9.32. The molecule has 0 aliphatic carbocycles. The molecule has 1 heterocycles. The van der Waals surface area contributed by atoms with E-state index in [1.807, 2.05) is 0 Å². The molecule has 106 valence electrons. The quantitative estimate of drug-likeness (QED) is 0.838. The van der Waals surface area contributed by atoms with E-state index in [0.29, 0.717) is 22.6 Å². The van der Waals surface area contributed by atoms with Crippen molar-refractivity contribution in [3.05, 3.63) is 34.8 Å². The van der Waals surface area contributed by atoms with Gasteiger partial charge in [-0.15, -0.1) is 11.3 Å². The molecule has 4 nitrogen and oxygen atoms in total. The van der Waals surface area contributed by atoms with Gasteiger partial charge in [0.15, 0.2) is 5.69 Å². The number of nitrogen functional groups attached to an aromatic ring is 1. The molecule has 3 N–H and O–H groups in total. The average Bonchev–Trinajstić information content (AvgIpc) is 2.83. The number of carbonyl (C=O) groups is 1. The molecule has 0 saturated heterocycles. The SMILES string of the molecule is CNC(=O)c1sc(-c2ccc(N)cc2)nc1C(F)(F)F. The van der Waals surface area contributed by atoms with Crippen molar-refractivity contribution in [1.82, 2.24) is 10.3 Å². The summed E-state index contributed by atoms with van der Waals surface area (Å²) in [5, 5.41) is 2.30. The van der Waals surface area contributed by atoms with Gasteiger partial charge >= 0.3 is 6.18 Å². The number of nitrogens with two attached hydrogens (primary N) is 1. The molecule has 0 atom stereocenters. The Morgan fingerprint density at radius 3 is 2.40 bits per heavy atom. The standard InChI is InChI=1S/C12H10F3N3OS/c1-17-10(19)8-9(12(13,14)15)18-11(20-8)6-2-4-7(16)5-3-6/h2-5H,16H2,1H3,(H,17,19). The van der Waals surface area contributed by atoms with Crippen LogP contribution in [-0.2, 0) is 6.18 Å². The van der Waals surface area contributed by atoms with Gasteiger partial charge in [0.05, 0.1) is 0 Å². The van der Waals surface area contributed by atoms with Crippen molar-refractivity contribution in [3.63, 3.8) is 0 Å². The van der Waals surface area contributed by atoms with Crippen LogP contribution in [0.3, 0.4) is 0 Å². The number of nitrogens with one attached hydrogen (secondary N) is 1. The first-order valence-electron chi connectivity index (χ1n) is 5.49. The fraction of sp³-hybridized carbons (Fsp3) is 0.167. The van der Waals surface area contributed by atoms with E-state index in [-0.39, 0.29) is 5.01 Å². The zero-order valence-electron chi connectivity index (χ0n) is 10.3. The number of benzene rings is 1. The molecule has 0 aliphatic rings. The number of anilines is 1. The topological polar surface area (TPSA) is 68.0 Å². The molecule has 1 aromatic heterocycles. The molecule has 0 radical (unpaired) electrons. The zero-order chi connectivity index (χ0) is 14.9. The van der Waals surface area contributed by atoms with Crippen molar-refractivity contribution in [2.75, 3.05) is 12.8 Å². The van der Waals surface area contributed by atoms with Gasteiger partial charge < -0.3 is 11.1 Å². The number of aromatic nitrogens is 1. The molecule has 1 aromatic carbocycles. The Bertz CT molecular complexity index is 634. The maximum Gasteiger partial charge on any atom is 0.435 e. The lowest BCUT2D eigenvalue weighted by atomic mass is 10.2. The smallest absolute Gasteiger partial charge is 0.399 e. The summed E-state index contributed by atoms with van der Waals surface area (Å²) in [4.78, 5) is 14.6. The highest BCUT2D eigenvalue weighted by Gasteiger charge is 2.39. The summed E-state index contributed by atoms with van der Waals surface area (Å²) >= 11 is 0.694. The van der Waals surface area contributed by atoms with Gasteiger partial charge in [0.1, 0.15) is 9.88 Å². The maximum absolute atomic E-state index is 12.9. The summed E-state index contributed by atoms with van der Waals surface area (Å²) in [6.45, 7) is 0. The van der Waals surface area contributed by atoms with Crippen LogP contribution in [0.2, 0.25) is 0 Å². The van der Waals surface area contributed by atoms with Crippen LogP contribution in [0, 0.1) is 0 Å². The Hall–Kier alpha value is -2.09. The lowest BCUT2D eigenvalue weighted by molar-refractivity contribution is -0.141. The third kappa shape index (κ3) is 2.74. The number of rotatable bonds is 2. The van der Waals surface area contributed by atoms with Gasteiger partial charge in [-0.25, -0.2) is 4.98 Å². The third-order valence-corrected chi connectivity index (χ3v) is 3.59. The van der Waals surface area contributed by atoms with Crippen LogP contribution in [0.25, 0.3) is 10.6 Å². The van der Waals surface area contributed by atoms with Crippen molar-refractivity contribution in [3.8, 4) is 10.6 Å². The van der Waals surface area contributed by atoms with Crippen molar-refractivity contribution >= 4 is 22.9 Å². The van der Waals surface area contributed by atoms with E-state index >= 15 is 0 Å². The summed E-state index contributed by atoms with van der Waals surface area (Å²) in [6.07, 6.45) is -4.68. The Kier molecular flexibility index (Phi) is 3.67. The summed E-state index contributed by atoms with van der Waals surface area (Å²) in [6, 6.07) is 6.23. The van der Waals surface area contributed by atoms with Crippen LogP contribution in [0.15, 0.2) is 24.3 Å². The number of hydrogen-bond donors (Lipinski definition) is 2. The van der Waals surface area contributed by atoms with E-state index in [1.54, 1.807) is 24.3 Å². The molecule has 0 saturated carbocycles. The first-order valence-corrected chi connectivity index (χ1v) is 6.30. The predicted octanol–water partition coefficient (Wildman–Crippen LogP) is 2.77. The summed E-state index contributed by atoms with van der Waals surface area (Å²) in [5.74, 6) is -0.809. The van der Waals surface area contributed by atoms with E-state index in [0.717, 1.165) is 0 Å². The molecule has 2 aromatic rings. The van der Waals surface area contributed by atoms with Crippen molar-refractivity contribution in [2.45, 2.75) is 6.18 Å². The van der Waals surface area contributed by atoms with Gasteiger partial charge in [0.25, 0.3) is 5.91 Å². The Morgan fingerprint density at radius 1 is 1.30 bits per heavy atom. The monoisotopic (exact) mass is 301 g/mol. The second kappa shape index (κ2) is 5.12. The Labute approximate surface area is 116 Å². The normalized spacial score (nSPS) is 11.4. The fourth-order valence-electron chi connectivity index (χ4n) is 1.53. The summed E-state index contributed by atoms with van der Waals surface area (Å²) in [7, 11) is 1.27. The zero-order valence-corrected chi connectivity index (χ0v) is 11.1. The van der Waals surface area contributed by atoms with Crippen LogP contribution in [0.4, 0.5) is 18.9 Å². The van der Waals surface area contributed by atoms with Crippen LogP contribution in [0.5, 0.6) is 0 Å². The second-order valence-electron chi connectivity index (χ2n) is 3.90. The highest BCUT2D eigenvalue weighted by Crippen LogP contribution is 2.37. The molecular formula is C12H10F3N3OS. The van der Waals surface area contributed by atoms with Gasteiger partial charge in [0.2, 0.25) is 0 Å². The summed E-state index contributed by atoms with van der Waals surface area (Å²) in [5.41, 5.74) is 5.32. The highest BCUT2D eigenvalue weighted by molar-refractivity contribution is 7.17. The van der Waals surface area contributed by atoms with E-state index in [4.69, 9.17) is 5.73 Å². The molecule has 20 heavy (non-hydrogen) atoms. The van der Waals surface area contributed by atoms with Gasteiger partial charge in [-0.3, -0.25) is 4.79 Å². The molecular weight excluding hydrogens is 291 g/mol. The van der Waals surface area contributed by atoms with Crippen LogP contribution < -0.4 is 11.1 Å². The van der Waals surface area contributed by atoms with Gasteiger partial charge in [0, 0.05) is 18.3 Å². The lowest BCUT2D eigenvalue weighted by Crippen LogP contribution is -2.21. The minimum atomic E-state index is -4.68. The second-order valence-corrected chi connectivity index (χ2v) is 4.89. The van der Waals surface area contributed by atoms with E-state index in [2.05, 4.69) is 10.3 Å². The van der Waals surface area contributed by atoms with Gasteiger partial charge in [-0.2, -0.15) is 13.2 Å². The van der Waals surface area contributed by atoms with Crippen LogP contribution in [0.1, 0.15) is 15.4 Å². The molecule has 1 amide bonds. The predicted molar refractivity (Wildman–Crippen MR) is 70.4 cm³/mol. The number of amides is 1. The average molecular weight is 301 g/mol. The number of carbonyl (C=O) groups excluding carboxylic acids is 1. The Morgan fingerprint density at radius 2 is 1.90 bits per heavy atom. The highest BCUT2D eigenvalue weighted by atomic mass is 32.1. The number of alkyl halides is 3. The van der Waals surface area contributed by atoms with Crippen LogP contribution in [-0.4, -0.2) is 17.9 Å². The molecule has 0 fully saturated rings. The molecule has 2 rings (SSSR count). The number of nitrogens with zero attached hydrogens (tertiary/aromatic N) is 1. The van der Waals surface area contributed by atoms with E-state index in [9.17, 15) is 18.0 Å². The fourth-order valence-corrected chi connectivity index (χ4v) is 2.57. The third-order valence-electron chi connectivity index (χ3n) is 2.49. The van der Waals surface area contributed by atoms with Gasteiger partial charge in [-0.1, -0.05) is 0 Å². The number of hydrogen-bond acceptors (Lipinski definition) is 4. The molecule has 0 aliphatic heterocycles. The van der Waals surface area contributed by atoms with E-state index < -0.39 is 22.7 Å². The largest absolute Gasteiger partial charge is 0.435 e.